The number of amidine groups is 2. The molecular formula is C23H21ClN4O6S2. The number of hydrogen-bond acceptors (Lipinski definition) is 9. The molecule has 13 heteroatoms. The molecule has 2 aliphatic rings. The largest absolute Gasteiger partial charge is 0.493 e. The quantitative estimate of drug-likeness (QED) is 0.409. The molecule has 2 aromatic carbocycles. The highest BCUT2D eigenvalue weighted by Crippen LogP contribution is 2.38. The summed E-state index contributed by atoms with van der Waals surface area (Å²) in [6, 6.07) is 10.8. The molecule has 2 aromatic rings. The van der Waals surface area contributed by atoms with Crippen LogP contribution in [0.25, 0.3) is 6.08 Å². The number of aryl methyl sites for hydroxylation is 1. The summed E-state index contributed by atoms with van der Waals surface area (Å²) in [5.41, 5.74) is 1.50. The molecule has 10 nitrogen and oxygen atoms in total. The molecule has 0 saturated heterocycles. The minimum atomic E-state index is -3.62. The van der Waals surface area contributed by atoms with Crippen LogP contribution in [0.4, 0.5) is 0 Å². The molecule has 4 rings (SSSR count). The molecule has 0 fully saturated rings. The van der Waals surface area contributed by atoms with Crippen LogP contribution in [0.1, 0.15) is 11.1 Å². The van der Waals surface area contributed by atoms with E-state index >= 15 is 0 Å². The Morgan fingerprint density at radius 3 is 2.53 bits per heavy atom. The number of thioether (sulfide) groups is 1. The number of benzene rings is 2. The Kier molecular flexibility index (Phi) is 7.38. The number of fused-ring (bicyclic) bond motifs is 1. The van der Waals surface area contributed by atoms with Crippen LogP contribution < -0.4 is 14.2 Å². The van der Waals surface area contributed by atoms with Gasteiger partial charge in [-0.25, -0.2) is 8.42 Å². The Hall–Kier alpha value is -3.35. The molecule has 0 aliphatic carbocycles. The van der Waals surface area contributed by atoms with Gasteiger partial charge in [-0.3, -0.25) is 10.2 Å². The topological polar surface area (TPSA) is 131 Å². The van der Waals surface area contributed by atoms with Crippen molar-refractivity contribution in [3.63, 3.8) is 0 Å². The van der Waals surface area contributed by atoms with Crippen molar-refractivity contribution in [1.82, 2.24) is 5.01 Å². The number of sulfone groups is 1. The van der Waals surface area contributed by atoms with Gasteiger partial charge in [0.25, 0.3) is 5.91 Å². The van der Waals surface area contributed by atoms with Crippen LogP contribution >= 0.6 is 23.4 Å². The minimum absolute atomic E-state index is 0.00907. The highest BCUT2D eigenvalue weighted by Gasteiger charge is 2.38. The number of ether oxygens (including phenoxy) is 3. The lowest BCUT2D eigenvalue weighted by atomic mass is 10.1. The Labute approximate surface area is 217 Å². The minimum Gasteiger partial charge on any atom is -0.493 e. The second kappa shape index (κ2) is 10.3. The number of nitrogens with zero attached hydrogens (tertiary/aromatic N) is 3. The summed E-state index contributed by atoms with van der Waals surface area (Å²) in [5, 5.41) is 13.5. The number of hydrazone groups is 1. The third kappa shape index (κ3) is 5.55. The van der Waals surface area contributed by atoms with Gasteiger partial charge < -0.3 is 14.2 Å². The zero-order chi connectivity index (χ0) is 26.0. The number of halogens is 1. The summed E-state index contributed by atoms with van der Waals surface area (Å²) in [6.07, 6.45) is 2.40. The van der Waals surface area contributed by atoms with Crippen molar-refractivity contribution < 1.29 is 27.4 Å². The standard InChI is InChI=1S/C23H21ClN4O6S2/c1-13-4-6-15(7-5-13)33-8-9-34-19-17(24)11-14(12-18(19)32-2)10-16-20(25)28-22(26-21(16)29)35-23(27-28)36(3,30)31/h4-7,10-12,25H,8-9H2,1-3H3/b16-10+,25-20?. The molecule has 0 aromatic heterocycles. The average Bonchev–Trinajstić information content (AvgIpc) is 3.26. The highest BCUT2D eigenvalue weighted by atomic mass is 35.5. The van der Waals surface area contributed by atoms with Crippen molar-refractivity contribution in [1.29, 1.82) is 5.41 Å². The molecule has 188 valence electrons. The molecule has 0 atom stereocenters. The number of methoxy groups -OCH3 is 1. The Balaban J connectivity index is 1.51. The highest BCUT2D eigenvalue weighted by molar-refractivity contribution is 8.42. The van der Waals surface area contributed by atoms with Gasteiger partial charge in [-0.15, -0.1) is 5.10 Å². The monoisotopic (exact) mass is 548 g/mol. The Morgan fingerprint density at radius 1 is 1.17 bits per heavy atom. The first kappa shape index (κ1) is 25.7. The van der Waals surface area contributed by atoms with E-state index in [1.165, 1.54) is 13.2 Å². The smallest absolute Gasteiger partial charge is 0.283 e. The fourth-order valence-corrected chi connectivity index (χ4v) is 5.15. The predicted molar refractivity (Wildman–Crippen MR) is 140 cm³/mol. The van der Waals surface area contributed by atoms with E-state index in [9.17, 15) is 13.2 Å². The van der Waals surface area contributed by atoms with Crippen LogP contribution in [0.5, 0.6) is 17.2 Å². The molecule has 0 spiro atoms. The van der Waals surface area contributed by atoms with Crippen molar-refractivity contribution in [3.8, 4) is 17.2 Å². The first-order chi connectivity index (χ1) is 17.1. The number of nitrogens with one attached hydrogen (secondary N) is 1. The third-order valence-electron chi connectivity index (χ3n) is 4.94. The number of aliphatic imine (C=N–C) groups is 1. The van der Waals surface area contributed by atoms with Crippen LogP contribution in [0.2, 0.25) is 5.02 Å². The van der Waals surface area contributed by atoms with Gasteiger partial charge >= 0.3 is 0 Å². The van der Waals surface area contributed by atoms with Crippen LogP contribution in [0.15, 0.2) is 52.1 Å². The Morgan fingerprint density at radius 2 is 1.86 bits per heavy atom. The SMILES string of the molecule is COc1cc(/C=C2\C(=N)N3N=C(S(C)(=O)=O)SC3=NC2=O)cc(Cl)c1OCCOc1ccc(C)cc1. The third-order valence-corrected chi connectivity index (χ3v) is 7.79. The predicted octanol–water partition coefficient (Wildman–Crippen LogP) is 3.74. The molecule has 36 heavy (non-hydrogen) atoms. The maximum absolute atomic E-state index is 12.6. The lowest BCUT2D eigenvalue weighted by molar-refractivity contribution is -0.114. The van der Waals surface area contributed by atoms with E-state index in [1.54, 1.807) is 12.1 Å². The van der Waals surface area contributed by atoms with Crippen LogP contribution in [-0.2, 0) is 14.6 Å². The van der Waals surface area contributed by atoms with Crippen LogP contribution in [0.3, 0.4) is 0 Å². The van der Waals surface area contributed by atoms with Crippen LogP contribution in [0, 0.1) is 12.3 Å². The first-order valence-corrected chi connectivity index (χ1v) is 13.6. The summed E-state index contributed by atoms with van der Waals surface area (Å²) in [7, 11) is -2.17. The zero-order valence-electron chi connectivity index (χ0n) is 19.4. The van der Waals surface area contributed by atoms with E-state index in [1.807, 2.05) is 31.2 Å². The van der Waals surface area contributed by atoms with E-state index in [4.69, 9.17) is 31.2 Å². The van der Waals surface area contributed by atoms with Gasteiger partial charge in [0.15, 0.2) is 17.3 Å². The molecule has 0 radical (unpaired) electrons. The summed E-state index contributed by atoms with van der Waals surface area (Å²) in [4.78, 5) is 16.5. The van der Waals surface area contributed by atoms with Gasteiger partial charge in [0.05, 0.1) is 17.7 Å². The molecule has 1 N–H and O–H groups in total. The van der Waals surface area contributed by atoms with Gasteiger partial charge in [0.1, 0.15) is 19.0 Å². The molecule has 0 saturated carbocycles. The number of carbonyl (C=O) groups is 1. The summed E-state index contributed by atoms with van der Waals surface area (Å²) < 4.78 is 40.2. The maximum Gasteiger partial charge on any atom is 0.283 e. The number of rotatable bonds is 7. The van der Waals surface area contributed by atoms with E-state index in [0.717, 1.165) is 34.3 Å². The molecule has 1 amide bonds. The Bertz CT molecular complexity index is 1440. The number of carbonyl (C=O) groups excluding carboxylic acids is 1. The van der Waals surface area contributed by atoms with Gasteiger partial charge in [0, 0.05) is 6.26 Å². The van der Waals surface area contributed by atoms with Crippen LogP contribution in [-0.4, -0.2) is 61.3 Å². The summed E-state index contributed by atoms with van der Waals surface area (Å²) >= 11 is 7.15. The maximum atomic E-state index is 12.6. The van der Waals surface area contributed by atoms with Crippen molar-refractivity contribution in [3.05, 3.63) is 58.1 Å². The second-order valence-electron chi connectivity index (χ2n) is 7.70. The molecule has 0 unspecified atom stereocenters. The number of hydrogen-bond donors (Lipinski definition) is 1. The molecule has 0 bridgehead atoms. The number of amides is 1. The van der Waals surface area contributed by atoms with Crippen molar-refractivity contribution in [2.45, 2.75) is 6.92 Å². The van der Waals surface area contributed by atoms with Crippen molar-refractivity contribution >= 4 is 60.6 Å². The second-order valence-corrected chi connectivity index (χ2v) is 11.3. The lowest BCUT2D eigenvalue weighted by Crippen LogP contribution is -2.35. The van der Waals surface area contributed by atoms with Gasteiger partial charge in [-0.2, -0.15) is 10.0 Å². The van der Waals surface area contributed by atoms with Crippen molar-refractivity contribution in [2.75, 3.05) is 26.6 Å². The molecule has 2 heterocycles. The van der Waals surface area contributed by atoms with E-state index in [2.05, 4.69) is 10.1 Å². The van der Waals surface area contributed by atoms with E-state index < -0.39 is 15.7 Å². The van der Waals surface area contributed by atoms with E-state index in [0.29, 0.717) is 17.1 Å². The lowest BCUT2D eigenvalue weighted by Gasteiger charge is -2.20. The van der Waals surface area contributed by atoms with Gasteiger partial charge in [-0.1, -0.05) is 29.3 Å². The summed E-state index contributed by atoms with van der Waals surface area (Å²) in [5.74, 6) is 0.335. The van der Waals surface area contributed by atoms with Crippen molar-refractivity contribution in [2.24, 2.45) is 10.1 Å². The fourth-order valence-electron chi connectivity index (χ4n) is 3.19. The molecular weight excluding hydrogens is 528 g/mol. The normalized spacial score (nSPS) is 16.6. The fraction of sp³-hybridized carbons (Fsp3) is 0.217. The zero-order valence-corrected chi connectivity index (χ0v) is 21.8. The van der Waals surface area contributed by atoms with E-state index in [-0.39, 0.29) is 39.2 Å². The van der Waals surface area contributed by atoms with Gasteiger partial charge in [-0.05, 0) is 54.6 Å². The molecule has 2 aliphatic heterocycles. The first-order valence-electron chi connectivity index (χ1n) is 10.5. The van der Waals surface area contributed by atoms with Gasteiger partial charge in [0.2, 0.25) is 19.4 Å². The average molecular weight is 549 g/mol. The summed E-state index contributed by atoms with van der Waals surface area (Å²) in [6.45, 7) is 2.48.